The third-order valence-electron chi connectivity index (χ3n) is 3.62. The van der Waals surface area contributed by atoms with Crippen LogP contribution < -0.4 is 0 Å². The van der Waals surface area contributed by atoms with Crippen LogP contribution in [0, 0.1) is 0 Å². The molecule has 2 saturated heterocycles. The zero-order valence-electron chi connectivity index (χ0n) is 9.94. The highest BCUT2D eigenvalue weighted by atomic mass is 16.2. The highest BCUT2D eigenvalue weighted by Crippen LogP contribution is 2.16. The van der Waals surface area contributed by atoms with Gasteiger partial charge in [-0.05, 0) is 13.8 Å². The molecule has 2 aliphatic heterocycles. The van der Waals surface area contributed by atoms with Crippen LogP contribution in [-0.2, 0) is 4.79 Å². The Kier molecular flexibility index (Phi) is 2.98. The monoisotopic (exact) mass is 211 g/mol. The second kappa shape index (κ2) is 4.10. The molecule has 0 aliphatic carbocycles. The van der Waals surface area contributed by atoms with Crippen molar-refractivity contribution in [2.24, 2.45) is 0 Å². The molecule has 0 saturated carbocycles. The normalized spacial score (nSPS) is 29.7. The maximum atomic E-state index is 11.5. The van der Waals surface area contributed by atoms with Crippen LogP contribution in [0.15, 0.2) is 0 Å². The van der Waals surface area contributed by atoms with Crippen LogP contribution in [0.4, 0.5) is 0 Å². The molecule has 4 nitrogen and oxygen atoms in total. The third-order valence-corrected chi connectivity index (χ3v) is 3.62. The molecule has 2 fully saturated rings. The second-order valence-corrected chi connectivity index (χ2v) is 4.99. The SMILES string of the molecule is CC(C)N1CCN2CC(=O)N(C)CC2C1. The largest absolute Gasteiger partial charge is 0.343 e. The number of carbonyl (C=O) groups excluding carboxylic acids is 1. The predicted octanol–water partition coefficient (Wildman–Crippen LogP) is -0.147. The molecule has 0 spiro atoms. The van der Waals surface area contributed by atoms with Crippen molar-refractivity contribution >= 4 is 5.91 Å². The molecule has 86 valence electrons. The van der Waals surface area contributed by atoms with Crippen LogP contribution >= 0.6 is 0 Å². The van der Waals surface area contributed by atoms with Gasteiger partial charge in [-0.25, -0.2) is 0 Å². The van der Waals surface area contributed by atoms with Crippen molar-refractivity contribution in [2.45, 2.75) is 25.9 Å². The van der Waals surface area contributed by atoms with Gasteiger partial charge >= 0.3 is 0 Å². The van der Waals surface area contributed by atoms with Crippen molar-refractivity contribution in [1.29, 1.82) is 0 Å². The Balaban J connectivity index is 1.99. The lowest BCUT2D eigenvalue weighted by Crippen LogP contribution is -2.63. The standard InChI is InChI=1S/C11H21N3O/c1-9(2)13-4-5-14-8-11(15)12(3)6-10(14)7-13/h9-10H,4-8H2,1-3H3. The van der Waals surface area contributed by atoms with E-state index in [2.05, 4.69) is 23.6 Å². The molecule has 1 atom stereocenters. The number of rotatable bonds is 1. The van der Waals surface area contributed by atoms with E-state index in [4.69, 9.17) is 0 Å². The Morgan fingerprint density at radius 1 is 1.27 bits per heavy atom. The Morgan fingerprint density at radius 3 is 2.67 bits per heavy atom. The summed E-state index contributed by atoms with van der Waals surface area (Å²) in [7, 11) is 1.91. The molecule has 0 bridgehead atoms. The average Bonchev–Trinajstić information content (AvgIpc) is 2.19. The lowest BCUT2D eigenvalue weighted by atomic mass is 10.1. The van der Waals surface area contributed by atoms with Crippen LogP contribution in [0.2, 0.25) is 0 Å². The van der Waals surface area contributed by atoms with Gasteiger partial charge in [-0.3, -0.25) is 14.6 Å². The van der Waals surface area contributed by atoms with E-state index >= 15 is 0 Å². The maximum Gasteiger partial charge on any atom is 0.236 e. The number of hydrogen-bond donors (Lipinski definition) is 0. The molecule has 2 aliphatic rings. The quantitative estimate of drug-likeness (QED) is 0.604. The molecule has 2 heterocycles. The first kappa shape index (κ1) is 10.9. The number of nitrogens with zero attached hydrogens (tertiary/aromatic N) is 3. The molecule has 0 N–H and O–H groups in total. The molecule has 0 radical (unpaired) electrons. The van der Waals surface area contributed by atoms with E-state index in [-0.39, 0.29) is 5.91 Å². The first-order valence-corrected chi connectivity index (χ1v) is 5.80. The van der Waals surface area contributed by atoms with Gasteiger partial charge in [-0.1, -0.05) is 0 Å². The number of fused-ring (bicyclic) bond motifs is 1. The fourth-order valence-corrected chi connectivity index (χ4v) is 2.48. The summed E-state index contributed by atoms with van der Waals surface area (Å²) >= 11 is 0. The summed E-state index contributed by atoms with van der Waals surface area (Å²) in [5.74, 6) is 0.268. The second-order valence-electron chi connectivity index (χ2n) is 4.99. The van der Waals surface area contributed by atoms with E-state index in [9.17, 15) is 4.79 Å². The predicted molar refractivity (Wildman–Crippen MR) is 59.7 cm³/mol. The number of likely N-dealkylation sites (N-methyl/N-ethyl adjacent to an activating group) is 1. The molecule has 4 heteroatoms. The minimum atomic E-state index is 0.268. The highest BCUT2D eigenvalue weighted by Gasteiger charge is 2.34. The zero-order chi connectivity index (χ0) is 11.0. The molecule has 15 heavy (non-hydrogen) atoms. The topological polar surface area (TPSA) is 26.8 Å². The van der Waals surface area contributed by atoms with E-state index in [1.54, 1.807) is 0 Å². The Labute approximate surface area is 91.8 Å². The fraction of sp³-hybridized carbons (Fsp3) is 0.909. The van der Waals surface area contributed by atoms with Crippen molar-refractivity contribution < 1.29 is 4.79 Å². The highest BCUT2D eigenvalue weighted by molar-refractivity contribution is 5.78. The number of carbonyl (C=O) groups is 1. The van der Waals surface area contributed by atoms with Crippen molar-refractivity contribution in [3.05, 3.63) is 0 Å². The van der Waals surface area contributed by atoms with Crippen LogP contribution in [0.3, 0.4) is 0 Å². The molecule has 1 amide bonds. The minimum Gasteiger partial charge on any atom is -0.343 e. The van der Waals surface area contributed by atoms with Crippen LogP contribution in [-0.4, -0.2) is 72.5 Å². The Hall–Kier alpha value is -0.610. The molecule has 2 rings (SSSR count). The average molecular weight is 211 g/mol. The Bertz CT molecular complexity index is 254. The summed E-state index contributed by atoms with van der Waals surface area (Å²) in [5, 5.41) is 0. The van der Waals surface area contributed by atoms with Gasteiger partial charge in [0.25, 0.3) is 0 Å². The van der Waals surface area contributed by atoms with Crippen molar-refractivity contribution in [2.75, 3.05) is 39.8 Å². The smallest absolute Gasteiger partial charge is 0.236 e. The van der Waals surface area contributed by atoms with Gasteiger partial charge in [0, 0.05) is 45.3 Å². The molecule has 0 aromatic heterocycles. The fourth-order valence-electron chi connectivity index (χ4n) is 2.48. The first-order chi connectivity index (χ1) is 7.08. The molecule has 0 aromatic carbocycles. The minimum absolute atomic E-state index is 0.268. The van der Waals surface area contributed by atoms with Crippen molar-refractivity contribution in [3.8, 4) is 0 Å². The van der Waals surface area contributed by atoms with Crippen LogP contribution in [0.5, 0.6) is 0 Å². The maximum absolute atomic E-state index is 11.5. The van der Waals surface area contributed by atoms with Crippen LogP contribution in [0.25, 0.3) is 0 Å². The van der Waals surface area contributed by atoms with Gasteiger partial charge < -0.3 is 4.90 Å². The number of amides is 1. The Morgan fingerprint density at radius 2 is 2.00 bits per heavy atom. The third kappa shape index (κ3) is 2.16. The van der Waals surface area contributed by atoms with E-state index in [0.29, 0.717) is 18.6 Å². The molecule has 1 unspecified atom stereocenters. The lowest BCUT2D eigenvalue weighted by molar-refractivity contribution is -0.139. The summed E-state index contributed by atoms with van der Waals surface area (Å²) < 4.78 is 0. The summed E-state index contributed by atoms with van der Waals surface area (Å²) in [6, 6.07) is 1.17. The first-order valence-electron chi connectivity index (χ1n) is 5.80. The van der Waals surface area contributed by atoms with Gasteiger partial charge in [0.1, 0.15) is 0 Å². The molecular formula is C11H21N3O. The lowest BCUT2D eigenvalue weighted by Gasteiger charge is -2.47. The molecule has 0 aromatic rings. The number of hydrogen-bond acceptors (Lipinski definition) is 3. The van der Waals surface area contributed by atoms with E-state index in [0.717, 1.165) is 26.2 Å². The summed E-state index contributed by atoms with van der Waals surface area (Å²) in [5.41, 5.74) is 0. The van der Waals surface area contributed by atoms with Crippen molar-refractivity contribution in [1.82, 2.24) is 14.7 Å². The number of piperazine rings is 2. The summed E-state index contributed by atoms with van der Waals surface area (Å²) in [6.07, 6.45) is 0. The van der Waals surface area contributed by atoms with Gasteiger partial charge in [0.15, 0.2) is 0 Å². The van der Waals surface area contributed by atoms with Gasteiger partial charge in [-0.15, -0.1) is 0 Å². The van der Waals surface area contributed by atoms with E-state index < -0.39 is 0 Å². The van der Waals surface area contributed by atoms with Crippen molar-refractivity contribution in [3.63, 3.8) is 0 Å². The van der Waals surface area contributed by atoms with E-state index in [1.807, 2.05) is 11.9 Å². The van der Waals surface area contributed by atoms with E-state index in [1.165, 1.54) is 0 Å². The molecular weight excluding hydrogens is 190 g/mol. The zero-order valence-corrected chi connectivity index (χ0v) is 9.94. The van der Waals surface area contributed by atoms with Gasteiger partial charge in [0.05, 0.1) is 6.54 Å². The summed E-state index contributed by atoms with van der Waals surface area (Å²) in [6.45, 7) is 9.25. The van der Waals surface area contributed by atoms with Crippen LogP contribution in [0.1, 0.15) is 13.8 Å². The van der Waals surface area contributed by atoms with Gasteiger partial charge in [-0.2, -0.15) is 0 Å². The van der Waals surface area contributed by atoms with Gasteiger partial charge in [0.2, 0.25) is 5.91 Å². The summed E-state index contributed by atoms with van der Waals surface area (Å²) in [4.78, 5) is 18.2.